The molecule has 0 saturated heterocycles. The predicted octanol–water partition coefficient (Wildman–Crippen LogP) is 3.34. The topological polar surface area (TPSA) is 79.7 Å². The molecule has 0 unspecified atom stereocenters. The molecule has 5 nitrogen and oxygen atoms in total. The summed E-state index contributed by atoms with van der Waals surface area (Å²) in [5, 5.41) is 2.59. The van der Waals surface area contributed by atoms with Crippen molar-refractivity contribution in [2.24, 2.45) is 0 Å². The van der Waals surface area contributed by atoms with E-state index in [1.165, 1.54) is 11.3 Å². The Morgan fingerprint density at radius 1 is 1.42 bits per heavy atom. The van der Waals surface area contributed by atoms with Gasteiger partial charge in [0.2, 0.25) is 0 Å². The molecule has 0 aliphatic heterocycles. The molecule has 0 aromatic carbocycles. The highest BCUT2D eigenvalue weighted by atomic mass is 32.1. The van der Waals surface area contributed by atoms with E-state index in [0.717, 1.165) is 5.01 Å². The largest absolute Gasteiger partial charge is 0.410 e. The molecule has 0 amide bonds. The molecule has 110 valence electrons. The van der Waals surface area contributed by atoms with E-state index in [1.54, 1.807) is 5.38 Å². The third-order valence-corrected chi connectivity index (χ3v) is 9.42. The maximum absolute atomic E-state index is 10.9. The van der Waals surface area contributed by atoms with Crippen molar-refractivity contribution in [2.45, 2.75) is 51.7 Å². The number of hydrogen-bond acceptors (Lipinski definition) is 4. The van der Waals surface area contributed by atoms with Gasteiger partial charge in [-0.1, -0.05) is 20.8 Å². The standard InChI is InChI=1S/C11H22NO4PSSi/c1-11(2,3)19(4,5)16-6-10-12-9(8-18-10)7-17(13,14)15/h8H,6-7H2,1-5H3,(H2,13,14,15). The van der Waals surface area contributed by atoms with Crippen LogP contribution in [0.1, 0.15) is 31.5 Å². The fraction of sp³-hybridized carbons (Fsp3) is 0.727. The molecule has 2 N–H and O–H groups in total. The Hall–Kier alpha value is -0.0431. The molecule has 0 saturated carbocycles. The smallest absolute Gasteiger partial charge is 0.331 e. The van der Waals surface area contributed by atoms with Crippen molar-refractivity contribution in [3.63, 3.8) is 0 Å². The highest BCUT2D eigenvalue weighted by Crippen LogP contribution is 2.40. The second kappa shape index (κ2) is 5.75. The lowest BCUT2D eigenvalue weighted by Gasteiger charge is -2.35. The molecule has 0 radical (unpaired) electrons. The van der Waals surface area contributed by atoms with E-state index < -0.39 is 15.9 Å². The van der Waals surface area contributed by atoms with Gasteiger partial charge in [-0.15, -0.1) is 11.3 Å². The lowest BCUT2D eigenvalue weighted by molar-refractivity contribution is 0.275. The van der Waals surface area contributed by atoms with Gasteiger partial charge in [0.05, 0.1) is 18.5 Å². The maximum atomic E-state index is 10.9. The van der Waals surface area contributed by atoms with E-state index in [9.17, 15) is 4.57 Å². The van der Waals surface area contributed by atoms with Gasteiger partial charge in [-0.3, -0.25) is 4.57 Å². The van der Waals surface area contributed by atoms with Crippen LogP contribution in [0.3, 0.4) is 0 Å². The lowest BCUT2D eigenvalue weighted by Crippen LogP contribution is -2.40. The molecule has 0 spiro atoms. The van der Waals surface area contributed by atoms with Crippen LogP contribution in [0.25, 0.3) is 0 Å². The van der Waals surface area contributed by atoms with Gasteiger partial charge in [0.25, 0.3) is 0 Å². The molecule has 1 heterocycles. The molecule has 19 heavy (non-hydrogen) atoms. The minimum absolute atomic E-state index is 0.138. The summed E-state index contributed by atoms with van der Waals surface area (Å²) in [7, 11) is -5.85. The number of rotatable bonds is 5. The molecule has 1 aromatic rings. The molecule has 0 aliphatic carbocycles. The highest BCUT2D eigenvalue weighted by Gasteiger charge is 2.37. The van der Waals surface area contributed by atoms with Gasteiger partial charge in [-0.25, -0.2) is 4.98 Å². The fourth-order valence-electron chi connectivity index (χ4n) is 1.16. The van der Waals surface area contributed by atoms with E-state index in [-0.39, 0.29) is 11.2 Å². The van der Waals surface area contributed by atoms with Crippen LogP contribution in [-0.4, -0.2) is 23.1 Å². The second-order valence-corrected chi connectivity index (χ2v) is 13.5. The molecule has 0 aliphatic rings. The molecule has 1 rings (SSSR count). The first-order chi connectivity index (χ1) is 8.41. The molecule has 0 bridgehead atoms. The Morgan fingerprint density at radius 2 is 2.00 bits per heavy atom. The van der Waals surface area contributed by atoms with Crippen molar-refractivity contribution < 1.29 is 18.8 Å². The predicted molar refractivity (Wildman–Crippen MR) is 79.8 cm³/mol. The molecular formula is C11H22NO4PSSi. The lowest BCUT2D eigenvalue weighted by atomic mass is 10.2. The van der Waals surface area contributed by atoms with Crippen LogP contribution in [0.15, 0.2) is 5.38 Å². The summed E-state index contributed by atoms with van der Waals surface area (Å²) in [4.78, 5) is 22.0. The van der Waals surface area contributed by atoms with E-state index in [2.05, 4.69) is 38.8 Å². The first-order valence-corrected chi connectivity index (χ1v) is 11.6. The number of aromatic nitrogens is 1. The van der Waals surface area contributed by atoms with Crippen LogP contribution in [0.5, 0.6) is 0 Å². The van der Waals surface area contributed by atoms with Crippen LogP contribution in [0, 0.1) is 0 Å². The summed E-state index contributed by atoms with van der Waals surface area (Å²) in [5.41, 5.74) is 0.437. The first-order valence-electron chi connectivity index (χ1n) is 6.02. The number of nitrogens with zero attached hydrogens (tertiary/aromatic N) is 1. The summed E-state index contributed by atoms with van der Waals surface area (Å²) >= 11 is 1.38. The Kier molecular flexibility index (Phi) is 5.15. The molecule has 0 fully saturated rings. The van der Waals surface area contributed by atoms with E-state index >= 15 is 0 Å². The maximum Gasteiger partial charge on any atom is 0.331 e. The Balaban J connectivity index is 2.63. The van der Waals surface area contributed by atoms with Crippen LogP contribution in [0.2, 0.25) is 18.1 Å². The summed E-state index contributed by atoms with van der Waals surface area (Å²) < 4.78 is 16.9. The van der Waals surface area contributed by atoms with Crippen molar-refractivity contribution >= 4 is 27.2 Å². The Labute approximate surface area is 119 Å². The van der Waals surface area contributed by atoms with E-state index in [0.29, 0.717) is 12.3 Å². The Morgan fingerprint density at radius 3 is 2.47 bits per heavy atom. The normalized spacial score (nSPS) is 13.8. The molecule has 1 aromatic heterocycles. The van der Waals surface area contributed by atoms with Gasteiger partial charge < -0.3 is 14.2 Å². The SMILES string of the molecule is CC(C)(C)[Si](C)(C)OCc1nc(CP(=O)(O)O)cs1. The summed E-state index contributed by atoms with van der Waals surface area (Å²) in [5.74, 6) is 0. The van der Waals surface area contributed by atoms with Crippen molar-refractivity contribution in [3.8, 4) is 0 Å². The van der Waals surface area contributed by atoms with E-state index in [1.807, 2.05) is 0 Å². The van der Waals surface area contributed by atoms with Crippen LogP contribution < -0.4 is 0 Å². The van der Waals surface area contributed by atoms with Crippen molar-refractivity contribution in [1.82, 2.24) is 4.98 Å². The summed E-state index contributed by atoms with van der Waals surface area (Å²) in [6, 6.07) is 0. The fourth-order valence-corrected chi connectivity index (χ4v) is 3.61. The average molecular weight is 323 g/mol. The van der Waals surface area contributed by atoms with Crippen LogP contribution in [0.4, 0.5) is 0 Å². The third kappa shape index (κ3) is 5.45. The Bertz CT molecular complexity index is 477. The minimum Gasteiger partial charge on any atom is -0.410 e. The average Bonchev–Trinajstić information content (AvgIpc) is 2.58. The van der Waals surface area contributed by atoms with Gasteiger partial charge in [-0.05, 0) is 18.1 Å². The third-order valence-electron chi connectivity index (χ3n) is 3.33. The van der Waals surface area contributed by atoms with Crippen LogP contribution in [-0.2, 0) is 21.8 Å². The van der Waals surface area contributed by atoms with Crippen molar-refractivity contribution in [1.29, 1.82) is 0 Å². The molecule has 0 atom stereocenters. The quantitative estimate of drug-likeness (QED) is 0.642. The molecular weight excluding hydrogens is 301 g/mol. The van der Waals surface area contributed by atoms with Crippen LogP contribution >= 0.6 is 18.9 Å². The zero-order chi connectivity index (χ0) is 14.9. The second-order valence-electron chi connectivity index (χ2n) is 6.10. The van der Waals surface area contributed by atoms with Crippen molar-refractivity contribution in [2.75, 3.05) is 0 Å². The minimum atomic E-state index is -4.04. The number of hydrogen-bond donors (Lipinski definition) is 2. The van der Waals surface area contributed by atoms with Gasteiger partial charge in [0.15, 0.2) is 8.32 Å². The first kappa shape index (κ1) is 17.0. The summed E-state index contributed by atoms with van der Waals surface area (Å²) in [6.45, 7) is 11.2. The zero-order valence-corrected chi connectivity index (χ0v) is 14.7. The van der Waals surface area contributed by atoms with Crippen molar-refractivity contribution in [3.05, 3.63) is 16.1 Å². The van der Waals surface area contributed by atoms with Gasteiger partial charge in [0.1, 0.15) is 5.01 Å². The molecule has 8 heteroatoms. The zero-order valence-electron chi connectivity index (χ0n) is 12.0. The van der Waals surface area contributed by atoms with Gasteiger partial charge in [0, 0.05) is 5.38 Å². The highest BCUT2D eigenvalue weighted by molar-refractivity contribution is 7.50. The van der Waals surface area contributed by atoms with Gasteiger partial charge in [-0.2, -0.15) is 0 Å². The van der Waals surface area contributed by atoms with E-state index in [4.69, 9.17) is 14.2 Å². The summed E-state index contributed by atoms with van der Waals surface area (Å²) in [6.07, 6.45) is -0.302. The van der Waals surface area contributed by atoms with Gasteiger partial charge >= 0.3 is 7.60 Å². The number of thiazole rings is 1. The monoisotopic (exact) mass is 323 g/mol.